The predicted molar refractivity (Wildman–Crippen MR) is 134 cm³/mol. The highest BCUT2D eigenvalue weighted by Crippen LogP contribution is 2.22. The van der Waals surface area contributed by atoms with E-state index in [1.54, 1.807) is 36.4 Å². The van der Waals surface area contributed by atoms with Gasteiger partial charge in [-0.1, -0.05) is 19.1 Å². The molecular weight excluding hydrogens is 476 g/mol. The van der Waals surface area contributed by atoms with E-state index in [0.29, 0.717) is 29.1 Å². The van der Waals surface area contributed by atoms with Crippen LogP contribution < -0.4 is 20.4 Å². The van der Waals surface area contributed by atoms with Gasteiger partial charge in [-0.25, -0.2) is 9.59 Å². The Labute approximate surface area is 211 Å². The number of hydrogen-bond donors (Lipinski definition) is 1. The first-order chi connectivity index (χ1) is 18.0. The van der Waals surface area contributed by atoms with E-state index >= 15 is 0 Å². The molecule has 4 aromatic rings. The third-order valence-electron chi connectivity index (χ3n) is 5.17. The monoisotopic (exact) mass is 498 g/mol. The number of hydrogen-bond acceptors (Lipinski definition) is 8. The highest BCUT2D eigenvalue weighted by molar-refractivity contribution is 5.99. The Balaban J connectivity index is 1.47. The Kier molecular flexibility index (Phi) is 7.81. The summed E-state index contributed by atoms with van der Waals surface area (Å²) >= 11 is 0. The number of rotatable bonds is 9. The number of amides is 1. The molecule has 0 unspecified atom stereocenters. The number of nitrogens with one attached hydrogen (secondary N) is 1. The van der Waals surface area contributed by atoms with Gasteiger partial charge in [0.25, 0.3) is 5.91 Å². The highest BCUT2D eigenvalue weighted by atomic mass is 16.5. The molecule has 2 aromatic carbocycles. The minimum Gasteiger partial charge on any atom is -0.494 e. The van der Waals surface area contributed by atoms with Crippen molar-refractivity contribution >= 4 is 28.9 Å². The average Bonchev–Trinajstić information content (AvgIpc) is 3.43. The van der Waals surface area contributed by atoms with Gasteiger partial charge in [-0.15, -0.1) is 0 Å². The lowest BCUT2D eigenvalue weighted by Gasteiger charge is -2.07. The van der Waals surface area contributed by atoms with E-state index in [0.717, 1.165) is 6.42 Å². The van der Waals surface area contributed by atoms with Crippen LogP contribution in [0, 0.1) is 11.3 Å². The van der Waals surface area contributed by atoms with Gasteiger partial charge < -0.3 is 23.6 Å². The van der Waals surface area contributed by atoms with Crippen molar-refractivity contribution in [3.05, 3.63) is 99.8 Å². The second kappa shape index (κ2) is 11.6. The number of esters is 1. The number of nitriles is 1. The van der Waals surface area contributed by atoms with Crippen LogP contribution in [0.25, 0.3) is 17.0 Å². The van der Waals surface area contributed by atoms with Gasteiger partial charge in [0.15, 0.2) is 0 Å². The molecular formula is C28H22N2O7. The van der Waals surface area contributed by atoms with E-state index < -0.39 is 17.5 Å². The summed E-state index contributed by atoms with van der Waals surface area (Å²) in [5.41, 5.74) is -0.503. The number of carbonyl (C=O) groups is 2. The fraction of sp³-hybridized carbons (Fsp3) is 0.143. The van der Waals surface area contributed by atoms with Crippen molar-refractivity contribution < 1.29 is 27.9 Å². The summed E-state index contributed by atoms with van der Waals surface area (Å²) in [4.78, 5) is 37.4. The van der Waals surface area contributed by atoms with Crippen molar-refractivity contribution in [2.75, 3.05) is 6.61 Å². The Morgan fingerprint density at radius 2 is 1.86 bits per heavy atom. The molecule has 0 aliphatic rings. The van der Waals surface area contributed by atoms with Gasteiger partial charge in [0, 0.05) is 11.5 Å². The molecule has 9 heteroatoms. The smallest absolute Gasteiger partial charge is 0.354 e. The maximum Gasteiger partial charge on any atom is 0.354 e. The van der Waals surface area contributed by atoms with Crippen LogP contribution in [0.15, 0.2) is 86.1 Å². The molecule has 0 atom stereocenters. The number of fused-ring (bicyclic) bond motifs is 1. The van der Waals surface area contributed by atoms with Crippen LogP contribution in [0.3, 0.4) is 0 Å². The Morgan fingerprint density at radius 3 is 2.57 bits per heavy atom. The van der Waals surface area contributed by atoms with Crippen LogP contribution in [0.5, 0.6) is 11.5 Å². The summed E-state index contributed by atoms with van der Waals surface area (Å²) in [6.45, 7) is 2.72. The van der Waals surface area contributed by atoms with Gasteiger partial charge in [0.2, 0.25) is 0 Å². The van der Waals surface area contributed by atoms with Crippen LogP contribution in [0.4, 0.5) is 0 Å². The second-order valence-electron chi connectivity index (χ2n) is 7.89. The first kappa shape index (κ1) is 25.0. The van der Waals surface area contributed by atoms with E-state index in [2.05, 4.69) is 5.32 Å². The number of furan rings is 1. The van der Waals surface area contributed by atoms with Gasteiger partial charge in [-0.05, 0) is 60.5 Å². The number of ether oxygens (including phenoxy) is 2. The van der Waals surface area contributed by atoms with Crippen molar-refractivity contribution in [1.82, 2.24) is 5.32 Å². The van der Waals surface area contributed by atoms with E-state index in [1.807, 2.05) is 13.0 Å². The predicted octanol–water partition coefficient (Wildman–Crippen LogP) is 4.62. The third-order valence-corrected chi connectivity index (χ3v) is 5.17. The summed E-state index contributed by atoms with van der Waals surface area (Å²) in [7, 11) is 0. The van der Waals surface area contributed by atoms with Gasteiger partial charge in [-0.3, -0.25) is 4.79 Å². The molecule has 0 spiro atoms. The van der Waals surface area contributed by atoms with Gasteiger partial charge in [0.05, 0.1) is 19.4 Å². The van der Waals surface area contributed by atoms with Crippen LogP contribution in [0.1, 0.15) is 35.0 Å². The number of benzene rings is 2. The lowest BCUT2D eigenvalue weighted by Crippen LogP contribution is -2.27. The number of nitrogens with zero attached hydrogens (tertiary/aromatic N) is 1. The molecule has 0 aliphatic heterocycles. The molecule has 1 amide bonds. The molecule has 0 aliphatic carbocycles. The van der Waals surface area contributed by atoms with Crippen LogP contribution in [0.2, 0.25) is 0 Å². The van der Waals surface area contributed by atoms with Gasteiger partial charge in [0.1, 0.15) is 40.0 Å². The zero-order chi connectivity index (χ0) is 26.2. The van der Waals surface area contributed by atoms with Gasteiger partial charge >= 0.3 is 11.6 Å². The summed E-state index contributed by atoms with van der Waals surface area (Å²) in [5.74, 6) is -0.189. The topological polar surface area (TPSA) is 132 Å². The molecule has 0 bridgehead atoms. The molecule has 2 heterocycles. The molecule has 9 nitrogen and oxygen atoms in total. The zero-order valence-corrected chi connectivity index (χ0v) is 19.9. The normalized spacial score (nSPS) is 11.1. The van der Waals surface area contributed by atoms with Crippen LogP contribution in [-0.2, 0) is 11.3 Å². The summed E-state index contributed by atoms with van der Waals surface area (Å²) in [6, 6.07) is 17.9. The van der Waals surface area contributed by atoms with Gasteiger partial charge in [-0.2, -0.15) is 5.26 Å². The molecule has 1 N–H and O–H groups in total. The molecule has 4 rings (SSSR count). The summed E-state index contributed by atoms with van der Waals surface area (Å²) in [6.07, 6.45) is 3.76. The first-order valence-corrected chi connectivity index (χ1v) is 11.4. The zero-order valence-electron chi connectivity index (χ0n) is 19.9. The largest absolute Gasteiger partial charge is 0.494 e. The van der Waals surface area contributed by atoms with Crippen molar-refractivity contribution in [3.8, 4) is 17.6 Å². The van der Waals surface area contributed by atoms with E-state index in [-0.39, 0.29) is 29.0 Å². The second-order valence-corrected chi connectivity index (χ2v) is 7.89. The first-order valence-electron chi connectivity index (χ1n) is 11.4. The van der Waals surface area contributed by atoms with Crippen molar-refractivity contribution in [2.24, 2.45) is 0 Å². The summed E-state index contributed by atoms with van der Waals surface area (Å²) < 4.78 is 21.3. The van der Waals surface area contributed by atoms with E-state index in [9.17, 15) is 19.6 Å². The Morgan fingerprint density at radius 1 is 1.08 bits per heavy atom. The average molecular weight is 498 g/mol. The van der Waals surface area contributed by atoms with E-state index in [1.165, 1.54) is 36.6 Å². The Bertz CT molecular complexity index is 1540. The van der Waals surface area contributed by atoms with Crippen LogP contribution in [-0.4, -0.2) is 18.5 Å². The fourth-order valence-electron chi connectivity index (χ4n) is 3.33. The summed E-state index contributed by atoms with van der Waals surface area (Å²) in [5, 5.41) is 12.5. The highest BCUT2D eigenvalue weighted by Gasteiger charge is 2.16. The molecule has 186 valence electrons. The van der Waals surface area contributed by atoms with Crippen molar-refractivity contribution in [3.63, 3.8) is 0 Å². The maximum absolute atomic E-state index is 12.6. The van der Waals surface area contributed by atoms with E-state index in [4.69, 9.17) is 18.3 Å². The molecule has 0 fully saturated rings. The molecule has 37 heavy (non-hydrogen) atoms. The lowest BCUT2D eigenvalue weighted by atomic mass is 10.1. The lowest BCUT2D eigenvalue weighted by molar-refractivity contribution is -0.129. The standard InChI is InChI=1S/C28H22N2O7/c1-2-11-34-21-8-5-18(6-9-21)13-20(16-29)27(32)36-22-10-7-19-14-24(28(33)37-25(19)15-22)26(31)30-17-23-4-3-12-35-23/h3-10,12-15H,2,11,17H2,1H3,(H,30,31)/b20-13+. The maximum atomic E-state index is 12.6. The fourth-order valence-corrected chi connectivity index (χ4v) is 3.33. The van der Waals surface area contributed by atoms with Crippen LogP contribution >= 0.6 is 0 Å². The minimum absolute atomic E-state index is 0.0696. The minimum atomic E-state index is -0.871. The molecule has 2 aromatic heterocycles. The SMILES string of the molecule is CCCOc1ccc(/C=C(\C#N)C(=O)Oc2ccc3cc(C(=O)NCc4ccco4)c(=O)oc3c2)cc1. The number of carbonyl (C=O) groups excluding carboxylic acids is 2. The Hall–Kier alpha value is -5.10. The third kappa shape index (κ3) is 6.32. The molecule has 0 saturated heterocycles. The van der Waals surface area contributed by atoms with Crippen molar-refractivity contribution in [1.29, 1.82) is 5.26 Å². The van der Waals surface area contributed by atoms with Crippen molar-refractivity contribution in [2.45, 2.75) is 19.9 Å². The molecule has 0 saturated carbocycles. The molecule has 0 radical (unpaired) electrons. The quantitative estimate of drug-likeness (QED) is 0.116.